The first-order chi connectivity index (χ1) is 12.1. The Balaban J connectivity index is 2.06. The maximum Gasteiger partial charge on any atom is 0.278 e. The normalized spacial score (nSPS) is 17.4. The number of anilines is 1. The topological polar surface area (TPSA) is 117 Å². The molecule has 128 valence electrons. The number of ether oxygens (including phenoxy) is 1. The van der Waals surface area contributed by atoms with Crippen molar-refractivity contribution < 1.29 is 14.1 Å². The van der Waals surface area contributed by atoms with Crippen LogP contribution in [0.5, 0.6) is 0 Å². The number of nitrogens with two attached hydrogens (primary N) is 2. The minimum atomic E-state index is -0.682. The van der Waals surface area contributed by atoms with Gasteiger partial charge in [0.25, 0.3) is 17.1 Å². The predicted octanol–water partition coefficient (Wildman–Crippen LogP) is -0.00470. The molecule has 3 aromatic heterocycles. The largest absolute Gasteiger partial charge is 0.375 e. The predicted molar refractivity (Wildman–Crippen MR) is 91.1 cm³/mol. The highest BCUT2D eigenvalue weighted by molar-refractivity contribution is 5.99. The fourth-order valence-electron chi connectivity index (χ4n) is 3.28. The molecular weight excluding hydrogens is 322 g/mol. The Hall–Kier alpha value is -3.00. The SMILES string of the molecule is NC(=O)c1cc2c(=O)n3ccccc3nc2[n+](C[C@@H]2CCCO2)c1N. The summed E-state index contributed by atoms with van der Waals surface area (Å²) in [6.07, 6.45) is 3.46. The fourth-order valence-corrected chi connectivity index (χ4v) is 3.28. The molecule has 4 rings (SSSR count). The molecule has 8 nitrogen and oxygen atoms in total. The van der Waals surface area contributed by atoms with Gasteiger partial charge < -0.3 is 16.2 Å². The fraction of sp³-hybridized carbons (Fsp3) is 0.294. The van der Waals surface area contributed by atoms with E-state index in [-0.39, 0.29) is 23.0 Å². The van der Waals surface area contributed by atoms with Gasteiger partial charge in [-0.15, -0.1) is 0 Å². The van der Waals surface area contributed by atoms with Crippen molar-refractivity contribution in [2.45, 2.75) is 25.5 Å². The van der Waals surface area contributed by atoms with Gasteiger partial charge in [-0.2, -0.15) is 0 Å². The number of amides is 1. The molecule has 1 saturated heterocycles. The lowest BCUT2D eigenvalue weighted by atomic mass is 10.1. The first-order valence-electron chi connectivity index (χ1n) is 8.11. The molecule has 1 amide bonds. The molecule has 0 aromatic carbocycles. The van der Waals surface area contributed by atoms with Crippen LogP contribution in [0.25, 0.3) is 16.7 Å². The zero-order valence-corrected chi connectivity index (χ0v) is 13.5. The molecule has 0 unspecified atom stereocenters. The highest BCUT2D eigenvalue weighted by atomic mass is 16.5. The van der Waals surface area contributed by atoms with Crippen molar-refractivity contribution in [3.8, 4) is 0 Å². The third kappa shape index (κ3) is 2.51. The molecular formula is C17H18N5O3+. The molecule has 8 heteroatoms. The molecule has 0 bridgehead atoms. The molecule has 0 spiro atoms. The van der Waals surface area contributed by atoms with Gasteiger partial charge in [0.1, 0.15) is 10.9 Å². The number of carbonyl (C=O) groups excluding carboxylic acids is 1. The number of aromatic nitrogens is 3. The summed E-state index contributed by atoms with van der Waals surface area (Å²) in [4.78, 5) is 29.2. The second-order valence-electron chi connectivity index (χ2n) is 6.14. The lowest BCUT2D eigenvalue weighted by Crippen LogP contribution is -2.46. The van der Waals surface area contributed by atoms with Gasteiger partial charge in [-0.25, -0.2) is 4.57 Å². The maximum absolute atomic E-state index is 12.8. The molecule has 25 heavy (non-hydrogen) atoms. The third-order valence-electron chi connectivity index (χ3n) is 4.54. The number of carbonyl (C=O) groups is 1. The van der Waals surface area contributed by atoms with Gasteiger partial charge in [0.15, 0.2) is 0 Å². The molecule has 1 atom stereocenters. The Kier molecular flexibility index (Phi) is 3.61. The number of pyridine rings is 2. The summed E-state index contributed by atoms with van der Waals surface area (Å²) in [5, 5.41) is 0.296. The second-order valence-corrected chi connectivity index (χ2v) is 6.14. The van der Waals surface area contributed by atoms with Crippen molar-refractivity contribution in [3.63, 3.8) is 0 Å². The quantitative estimate of drug-likeness (QED) is 0.514. The monoisotopic (exact) mass is 340 g/mol. The number of hydrogen-bond acceptors (Lipinski definition) is 5. The van der Waals surface area contributed by atoms with Crippen LogP contribution in [-0.4, -0.2) is 28.0 Å². The summed E-state index contributed by atoms with van der Waals surface area (Å²) in [6.45, 7) is 1.11. The minimum absolute atomic E-state index is 0.0327. The Morgan fingerprint density at radius 2 is 2.28 bits per heavy atom. The van der Waals surface area contributed by atoms with Gasteiger partial charge in [0, 0.05) is 12.8 Å². The minimum Gasteiger partial charge on any atom is -0.375 e. The smallest absolute Gasteiger partial charge is 0.278 e. The summed E-state index contributed by atoms with van der Waals surface area (Å²) < 4.78 is 8.77. The molecule has 4 heterocycles. The van der Waals surface area contributed by atoms with Gasteiger partial charge in [-0.3, -0.25) is 14.0 Å². The average molecular weight is 340 g/mol. The van der Waals surface area contributed by atoms with Gasteiger partial charge >= 0.3 is 0 Å². The van der Waals surface area contributed by atoms with Crippen LogP contribution in [0.3, 0.4) is 0 Å². The van der Waals surface area contributed by atoms with Crippen molar-refractivity contribution in [2.75, 3.05) is 12.3 Å². The third-order valence-corrected chi connectivity index (χ3v) is 4.54. The number of nitrogens with zero attached hydrogens (tertiary/aromatic N) is 3. The average Bonchev–Trinajstić information content (AvgIpc) is 3.11. The first kappa shape index (κ1) is 15.5. The summed E-state index contributed by atoms with van der Waals surface area (Å²) in [5.41, 5.74) is 12.4. The van der Waals surface area contributed by atoms with Crippen LogP contribution in [0.1, 0.15) is 23.2 Å². The van der Waals surface area contributed by atoms with Crippen LogP contribution in [0.2, 0.25) is 0 Å². The molecule has 3 aromatic rings. The van der Waals surface area contributed by atoms with Crippen LogP contribution in [0.4, 0.5) is 5.82 Å². The van der Waals surface area contributed by atoms with E-state index >= 15 is 0 Å². The molecule has 1 aliphatic heterocycles. The molecule has 1 fully saturated rings. The van der Waals surface area contributed by atoms with Gasteiger partial charge in [-0.05, 0) is 31.0 Å². The zero-order valence-electron chi connectivity index (χ0n) is 13.5. The Bertz CT molecular complexity index is 1050. The lowest BCUT2D eigenvalue weighted by molar-refractivity contribution is -0.666. The van der Waals surface area contributed by atoms with Crippen molar-refractivity contribution in [1.82, 2.24) is 9.38 Å². The van der Waals surface area contributed by atoms with E-state index in [1.807, 2.05) is 0 Å². The van der Waals surface area contributed by atoms with Crippen LogP contribution < -0.4 is 21.6 Å². The van der Waals surface area contributed by atoms with E-state index in [0.29, 0.717) is 29.8 Å². The van der Waals surface area contributed by atoms with E-state index < -0.39 is 5.91 Å². The van der Waals surface area contributed by atoms with Crippen LogP contribution >= 0.6 is 0 Å². The van der Waals surface area contributed by atoms with E-state index in [1.165, 1.54) is 10.5 Å². The zero-order chi connectivity index (χ0) is 17.6. The molecule has 0 aliphatic carbocycles. The van der Waals surface area contributed by atoms with Crippen molar-refractivity contribution in [3.05, 3.63) is 46.4 Å². The number of rotatable bonds is 3. The van der Waals surface area contributed by atoms with E-state index in [0.717, 1.165) is 12.8 Å². The summed E-state index contributed by atoms with van der Waals surface area (Å²) in [5.74, 6) is -0.485. The van der Waals surface area contributed by atoms with Crippen molar-refractivity contribution in [1.29, 1.82) is 0 Å². The summed E-state index contributed by atoms with van der Waals surface area (Å²) in [7, 11) is 0. The van der Waals surface area contributed by atoms with E-state index in [1.54, 1.807) is 29.0 Å². The van der Waals surface area contributed by atoms with E-state index in [2.05, 4.69) is 4.98 Å². The van der Waals surface area contributed by atoms with Crippen LogP contribution in [0.15, 0.2) is 35.3 Å². The van der Waals surface area contributed by atoms with Gasteiger partial charge in [0.05, 0.1) is 12.6 Å². The molecule has 1 aliphatic rings. The Morgan fingerprint density at radius 1 is 1.44 bits per heavy atom. The Morgan fingerprint density at radius 3 is 3.00 bits per heavy atom. The molecule has 4 N–H and O–H groups in total. The highest BCUT2D eigenvalue weighted by Crippen LogP contribution is 2.17. The summed E-state index contributed by atoms with van der Waals surface area (Å²) in [6, 6.07) is 6.72. The van der Waals surface area contributed by atoms with Crippen LogP contribution in [0, 0.1) is 0 Å². The first-order valence-corrected chi connectivity index (χ1v) is 8.11. The Labute approximate surface area is 142 Å². The number of fused-ring (bicyclic) bond motifs is 2. The second kappa shape index (κ2) is 5.82. The molecule has 0 saturated carbocycles. The van der Waals surface area contributed by atoms with E-state index in [4.69, 9.17) is 16.2 Å². The van der Waals surface area contributed by atoms with Crippen LogP contribution in [-0.2, 0) is 11.3 Å². The maximum atomic E-state index is 12.8. The van der Waals surface area contributed by atoms with Crippen molar-refractivity contribution >= 4 is 28.4 Å². The number of primary amides is 1. The van der Waals surface area contributed by atoms with Gasteiger partial charge in [-0.1, -0.05) is 11.1 Å². The molecule has 0 radical (unpaired) electrons. The highest BCUT2D eigenvalue weighted by Gasteiger charge is 2.26. The standard InChI is InChI=1S/C17H17N5O3/c18-14-11(15(19)23)8-12-16(22(14)9-10-4-3-7-25-10)20-13-5-1-2-6-21(13)17(12)24/h1-2,5-6,8,10,18H,3-4,7,9H2,(H2,19,23)/p+1/t10-/m0/s1. The lowest BCUT2D eigenvalue weighted by Gasteiger charge is -2.14. The number of hydrogen-bond donors (Lipinski definition) is 2. The van der Waals surface area contributed by atoms with E-state index in [9.17, 15) is 9.59 Å². The summed E-state index contributed by atoms with van der Waals surface area (Å²) >= 11 is 0. The number of nitrogen functional groups attached to an aromatic ring is 1. The van der Waals surface area contributed by atoms with Crippen molar-refractivity contribution in [2.24, 2.45) is 5.73 Å². The van der Waals surface area contributed by atoms with Gasteiger partial charge in [0.2, 0.25) is 11.5 Å².